The third kappa shape index (κ3) is 6.43. The van der Waals surface area contributed by atoms with Crippen molar-refractivity contribution in [1.29, 1.82) is 0 Å². The molecule has 0 aliphatic rings. The van der Waals surface area contributed by atoms with Gasteiger partial charge in [-0.15, -0.1) is 0 Å². The van der Waals surface area contributed by atoms with Crippen molar-refractivity contribution in [3.05, 3.63) is 130 Å². The van der Waals surface area contributed by atoms with E-state index in [1.54, 1.807) is 84.9 Å². The maximum atomic E-state index is 12.7. The molecular weight excluding hydrogens is 480 g/mol. The van der Waals surface area contributed by atoms with Gasteiger partial charge in [-0.05, 0) is 54.6 Å². The van der Waals surface area contributed by atoms with Crippen LogP contribution in [0, 0.1) is 0 Å². The van der Waals surface area contributed by atoms with E-state index >= 15 is 0 Å². The van der Waals surface area contributed by atoms with E-state index in [1.807, 2.05) is 0 Å². The Hall–Kier alpha value is -4.75. The van der Waals surface area contributed by atoms with Gasteiger partial charge in [0, 0.05) is 22.2 Å². The number of rotatable bonds is 7. The van der Waals surface area contributed by atoms with E-state index < -0.39 is 17.8 Å². The number of ether oxygens (including phenoxy) is 2. The molecule has 4 aromatic rings. The van der Waals surface area contributed by atoms with Gasteiger partial charge in [0.2, 0.25) is 0 Å². The molecule has 0 heterocycles. The average molecular weight is 499 g/mol. The van der Waals surface area contributed by atoms with E-state index in [-0.39, 0.29) is 11.5 Å². The third-order valence-electron chi connectivity index (χ3n) is 4.87. The number of amides is 1. The summed E-state index contributed by atoms with van der Waals surface area (Å²) in [5.74, 6) is -1.39. The highest BCUT2D eigenvalue weighted by Crippen LogP contribution is 2.26. The van der Waals surface area contributed by atoms with Crippen LogP contribution in [0.3, 0.4) is 0 Å². The van der Waals surface area contributed by atoms with Crippen LogP contribution in [0.4, 0.5) is 0 Å². The largest absolute Gasteiger partial charge is 0.423 e. The SMILES string of the molecule is O=C(N/N=C\c1ccc(OC(=O)c2ccccc2)cc1OC(=O)c1ccccc1)c1cccc(Cl)c1. The molecule has 0 atom stereocenters. The molecule has 1 N–H and O–H groups in total. The minimum atomic E-state index is -0.611. The molecule has 0 aliphatic carbocycles. The van der Waals surface area contributed by atoms with Crippen LogP contribution >= 0.6 is 11.6 Å². The van der Waals surface area contributed by atoms with Crippen molar-refractivity contribution in [2.24, 2.45) is 5.10 Å². The second-order valence-corrected chi connectivity index (χ2v) is 7.86. The van der Waals surface area contributed by atoms with Gasteiger partial charge >= 0.3 is 11.9 Å². The molecule has 0 aromatic heterocycles. The first-order chi connectivity index (χ1) is 17.5. The number of carbonyl (C=O) groups is 3. The second-order valence-electron chi connectivity index (χ2n) is 7.42. The van der Waals surface area contributed by atoms with Crippen molar-refractivity contribution in [3.63, 3.8) is 0 Å². The maximum absolute atomic E-state index is 12.7. The first-order valence-corrected chi connectivity index (χ1v) is 11.1. The Bertz CT molecular complexity index is 1420. The summed E-state index contributed by atoms with van der Waals surface area (Å²) < 4.78 is 11.0. The van der Waals surface area contributed by atoms with Crippen LogP contribution in [0.15, 0.2) is 108 Å². The minimum Gasteiger partial charge on any atom is -0.423 e. The summed E-state index contributed by atoms with van der Waals surface area (Å²) in [6.07, 6.45) is 1.32. The average Bonchev–Trinajstić information content (AvgIpc) is 2.90. The van der Waals surface area contributed by atoms with E-state index in [0.29, 0.717) is 27.3 Å². The number of hydrogen-bond acceptors (Lipinski definition) is 6. The molecule has 4 rings (SSSR count). The van der Waals surface area contributed by atoms with Crippen LogP contribution in [-0.4, -0.2) is 24.1 Å². The topological polar surface area (TPSA) is 94.1 Å². The van der Waals surface area contributed by atoms with Crippen molar-refractivity contribution in [2.75, 3.05) is 0 Å². The molecule has 7 nitrogen and oxygen atoms in total. The Morgan fingerprint density at radius 2 is 1.31 bits per heavy atom. The first kappa shape index (κ1) is 24.4. The molecule has 0 aliphatic heterocycles. The Morgan fingerprint density at radius 1 is 0.694 bits per heavy atom. The maximum Gasteiger partial charge on any atom is 0.343 e. The highest BCUT2D eigenvalue weighted by atomic mass is 35.5. The molecule has 4 aromatic carbocycles. The van der Waals surface area contributed by atoms with E-state index in [1.165, 1.54) is 24.4 Å². The van der Waals surface area contributed by atoms with Crippen molar-refractivity contribution in [3.8, 4) is 11.5 Å². The number of halogens is 1. The van der Waals surface area contributed by atoms with Crippen LogP contribution < -0.4 is 14.9 Å². The van der Waals surface area contributed by atoms with Gasteiger partial charge in [0.15, 0.2) is 0 Å². The smallest absolute Gasteiger partial charge is 0.343 e. The quantitative estimate of drug-likeness (QED) is 0.156. The van der Waals surface area contributed by atoms with Crippen molar-refractivity contribution < 1.29 is 23.9 Å². The molecule has 36 heavy (non-hydrogen) atoms. The molecule has 0 fully saturated rings. The summed E-state index contributed by atoms with van der Waals surface area (Å²) in [5.41, 5.74) is 3.80. The molecule has 0 spiro atoms. The number of hydrazone groups is 1. The molecule has 178 valence electrons. The molecule has 0 bridgehead atoms. The minimum absolute atomic E-state index is 0.0861. The summed E-state index contributed by atoms with van der Waals surface area (Å²) in [7, 11) is 0. The van der Waals surface area contributed by atoms with Crippen LogP contribution in [0.5, 0.6) is 11.5 Å². The highest BCUT2D eigenvalue weighted by Gasteiger charge is 2.15. The zero-order valence-corrected chi connectivity index (χ0v) is 19.5. The zero-order valence-electron chi connectivity index (χ0n) is 18.8. The Kier molecular flexibility index (Phi) is 7.85. The fraction of sp³-hybridized carbons (Fsp3) is 0. The van der Waals surface area contributed by atoms with Crippen LogP contribution in [-0.2, 0) is 0 Å². The monoisotopic (exact) mass is 498 g/mol. The van der Waals surface area contributed by atoms with Crippen molar-refractivity contribution >= 4 is 35.7 Å². The molecule has 1 amide bonds. The van der Waals surface area contributed by atoms with Gasteiger partial charge in [0.05, 0.1) is 17.3 Å². The van der Waals surface area contributed by atoms with Gasteiger partial charge in [-0.25, -0.2) is 15.0 Å². The van der Waals surface area contributed by atoms with E-state index in [2.05, 4.69) is 10.5 Å². The molecule has 0 unspecified atom stereocenters. The predicted octanol–water partition coefficient (Wildman–Crippen LogP) is 5.54. The summed E-state index contributed by atoms with van der Waals surface area (Å²) in [6, 6.07) is 27.8. The fourth-order valence-electron chi connectivity index (χ4n) is 3.10. The lowest BCUT2D eigenvalue weighted by Crippen LogP contribution is -2.17. The van der Waals surface area contributed by atoms with E-state index in [0.717, 1.165) is 0 Å². The standard InChI is InChI=1S/C28H19ClN2O5/c29-23-13-7-12-21(16-23)26(32)31-30-18-22-14-15-24(35-27(33)19-8-3-1-4-9-19)17-25(22)36-28(34)20-10-5-2-6-11-20/h1-18H,(H,31,32)/b30-18-. The number of hydrogen-bond donors (Lipinski definition) is 1. The Labute approximate surface area is 211 Å². The number of nitrogens with zero attached hydrogens (tertiary/aromatic N) is 1. The van der Waals surface area contributed by atoms with Gasteiger partial charge in [-0.2, -0.15) is 5.10 Å². The molecule has 0 saturated heterocycles. The zero-order chi connectivity index (χ0) is 25.3. The third-order valence-corrected chi connectivity index (χ3v) is 5.11. The fourth-order valence-corrected chi connectivity index (χ4v) is 3.29. The molecular formula is C28H19ClN2O5. The number of esters is 2. The Balaban J connectivity index is 1.56. The van der Waals surface area contributed by atoms with Crippen molar-refractivity contribution in [1.82, 2.24) is 5.43 Å². The van der Waals surface area contributed by atoms with Crippen LogP contribution in [0.25, 0.3) is 0 Å². The van der Waals surface area contributed by atoms with Crippen LogP contribution in [0.1, 0.15) is 36.6 Å². The lowest BCUT2D eigenvalue weighted by atomic mass is 10.2. The first-order valence-electron chi connectivity index (χ1n) is 10.8. The number of benzene rings is 4. The normalized spacial score (nSPS) is 10.6. The molecule has 8 heteroatoms. The molecule has 0 saturated carbocycles. The summed E-state index contributed by atoms with van der Waals surface area (Å²) in [5, 5.41) is 4.38. The van der Waals surface area contributed by atoms with Crippen molar-refractivity contribution in [2.45, 2.75) is 0 Å². The summed E-state index contributed by atoms with van der Waals surface area (Å²) in [6.45, 7) is 0. The number of nitrogens with one attached hydrogen (secondary N) is 1. The lowest BCUT2D eigenvalue weighted by molar-refractivity contribution is 0.0732. The van der Waals surface area contributed by atoms with Gasteiger partial charge < -0.3 is 9.47 Å². The van der Waals surface area contributed by atoms with Crippen LogP contribution in [0.2, 0.25) is 5.02 Å². The van der Waals surface area contributed by atoms with Gasteiger partial charge in [0.25, 0.3) is 5.91 Å². The number of carbonyl (C=O) groups excluding carboxylic acids is 3. The summed E-state index contributed by atoms with van der Waals surface area (Å²) >= 11 is 5.93. The van der Waals surface area contributed by atoms with E-state index in [4.69, 9.17) is 21.1 Å². The van der Waals surface area contributed by atoms with Gasteiger partial charge in [-0.1, -0.05) is 54.1 Å². The predicted molar refractivity (Wildman–Crippen MR) is 136 cm³/mol. The van der Waals surface area contributed by atoms with E-state index in [9.17, 15) is 14.4 Å². The summed E-state index contributed by atoms with van der Waals surface area (Å²) in [4.78, 5) is 37.4. The second kappa shape index (κ2) is 11.6. The van der Waals surface area contributed by atoms with Gasteiger partial charge in [-0.3, -0.25) is 4.79 Å². The Morgan fingerprint density at radius 3 is 1.94 bits per heavy atom. The van der Waals surface area contributed by atoms with Gasteiger partial charge in [0.1, 0.15) is 11.5 Å². The molecule has 0 radical (unpaired) electrons. The lowest BCUT2D eigenvalue weighted by Gasteiger charge is -2.10. The highest BCUT2D eigenvalue weighted by molar-refractivity contribution is 6.31.